The first-order valence-corrected chi connectivity index (χ1v) is 8.77. The number of carbonyl (C=O) groups is 3. The molecule has 2 aromatic rings. The van der Waals surface area contributed by atoms with Crippen molar-refractivity contribution in [2.75, 3.05) is 23.9 Å². The van der Waals surface area contributed by atoms with Gasteiger partial charge in [-0.25, -0.2) is 4.79 Å². The standard InChI is InChI=1S/C21H22N2O4/c1-5-27-19(25)13-6-9-15(10-7-13)22-18(24)14-8-11-17-16(12-14)21(2,3)20(26)23(17)4/h6-12H,5H2,1-4H3,(H,22,24). The van der Waals surface area contributed by atoms with Crippen LogP contribution >= 0.6 is 0 Å². The number of nitrogens with one attached hydrogen (secondary N) is 1. The molecule has 6 nitrogen and oxygen atoms in total. The zero-order valence-electron chi connectivity index (χ0n) is 15.8. The van der Waals surface area contributed by atoms with Gasteiger partial charge in [0.05, 0.1) is 17.6 Å². The van der Waals surface area contributed by atoms with E-state index in [9.17, 15) is 14.4 Å². The molecule has 0 saturated heterocycles. The van der Waals surface area contributed by atoms with Crippen molar-refractivity contribution in [3.05, 3.63) is 59.2 Å². The third kappa shape index (κ3) is 3.30. The number of hydrogen-bond acceptors (Lipinski definition) is 4. The lowest BCUT2D eigenvalue weighted by molar-refractivity contribution is -0.121. The second-order valence-corrected chi connectivity index (χ2v) is 6.97. The van der Waals surface area contributed by atoms with E-state index in [2.05, 4.69) is 5.32 Å². The number of ether oxygens (including phenoxy) is 1. The van der Waals surface area contributed by atoms with Gasteiger partial charge in [-0.15, -0.1) is 0 Å². The number of esters is 1. The lowest BCUT2D eigenvalue weighted by Crippen LogP contribution is -2.33. The summed E-state index contributed by atoms with van der Waals surface area (Å²) < 4.78 is 4.94. The molecule has 0 atom stereocenters. The van der Waals surface area contributed by atoms with Crippen LogP contribution in [0.5, 0.6) is 0 Å². The number of likely N-dealkylation sites (N-methyl/N-ethyl adjacent to an activating group) is 1. The van der Waals surface area contributed by atoms with E-state index in [0.29, 0.717) is 23.4 Å². The van der Waals surface area contributed by atoms with Crippen LogP contribution in [-0.2, 0) is 14.9 Å². The molecule has 0 spiro atoms. The Morgan fingerprint density at radius 2 is 1.70 bits per heavy atom. The summed E-state index contributed by atoms with van der Waals surface area (Å²) in [7, 11) is 1.74. The summed E-state index contributed by atoms with van der Waals surface area (Å²) in [6.07, 6.45) is 0. The first-order chi connectivity index (χ1) is 12.8. The molecule has 3 rings (SSSR count). The highest BCUT2D eigenvalue weighted by Crippen LogP contribution is 2.41. The van der Waals surface area contributed by atoms with E-state index in [0.717, 1.165) is 11.3 Å². The molecule has 0 saturated carbocycles. The minimum atomic E-state index is -0.665. The fourth-order valence-corrected chi connectivity index (χ4v) is 3.22. The van der Waals surface area contributed by atoms with Gasteiger partial charge in [0.25, 0.3) is 5.91 Å². The lowest BCUT2D eigenvalue weighted by atomic mass is 9.85. The first-order valence-electron chi connectivity index (χ1n) is 8.77. The molecule has 0 fully saturated rings. The number of carbonyl (C=O) groups excluding carboxylic acids is 3. The first kappa shape index (κ1) is 18.6. The molecule has 0 unspecified atom stereocenters. The quantitative estimate of drug-likeness (QED) is 0.842. The van der Waals surface area contributed by atoms with Crippen LogP contribution in [0.15, 0.2) is 42.5 Å². The second-order valence-electron chi connectivity index (χ2n) is 6.97. The maximum atomic E-state index is 12.6. The summed E-state index contributed by atoms with van der Waals surface area (Å²) in [5, 5.41) is 2.81. The minimum Gasteiger partial charge on any atom is -0.462 e. The van der Waals surface area contributed by atoms with Gasteiger partial charge in [-0.3, -0.25) is 9.59 Å². The van der Waals surface area contributed by atoms with Crippen molar-refractivity contribution in [2.24, 2.45) is 0 Å². The molecule has 27 heavy (non-hydrogen) atoms. The largest absolute Gasteiger partial charge is 0.462 e. The maximum Gasteiger partial charge on any atom is 0.338 e. The van der Waals surface area contributed by atoms with Crippen molar-refractivity contribution < 1.29 is 19.1 Å². The van der Waals surface area contributed by atoms with E-state index in [-0.39, 0.29) is 11.8 Å². The Bertz CT molecular complexity index is 916. The van der Waals surface area contributed by atoms with Crippen LogP contribution in [0.2, 0.25) is 0 Å². The molecule has 0 bridgehead atoms. The number of fused-ring (bicyclic) bond motifs is 1. The van der Waals surface area contributed by atoms with E-state index in [1.54, 1.807) is 61.3 Å². The van der Waals surface area contributed by atoms with Gasteiger partial charge in [0, 0.05) is 24.0 Å². The van der Waals surface area contributed by atoms with Gasteiger partial charge < -0.3 is 15.0 Å². The molecule has 1 heterocycles. The lowest BCUT2D eigenvalue weighted by Gasteiger charge is -2.16. The van der Waals surface area contributed by atoms with Gasteiger partial charge in [0.2, 0.25) is 5.91 Å². The number of nitrogens with zero attached hydrogens (tertiary/aromatic N) is 1. The van der Waals surface area contributed by atoms with Crippen LogP contribution < -0.4 is 10.2 Å². The van der Waals surface area contributed by atoms with E-state index in [1.807, 2.05) is 13.8 Å². The van der Waals surface area contributed by atoms with Crippen LogP contribution in [0.1, 0.15) is 47.1 Å². The fraction of sp³-hybridized carbons (Fsp3) is 0.286. The Morgan fingerprint density at radius 3 is 2.33 bits per heavy atom. The predicted molar refractivity (Wildman–Crippen MR) is 103 cm³/mol. The van der Waals surface area contributed by atoms with Crippen molar-refractivity contribution in [1.82, 2.24) is 0 Å². The second kappa shape index (κ2) is 6.87. The summed E-state index contributed by atoms with van der Waals surface area (Å²) in [4.78, 5) is 38.3. The summed E-state index contributed by atoms with van der Waals surface area (Å²) in [5.74, 6) is -0.672. The maximum absolute atomic E-state index is 12.6. The number of hydrogen-bond donors (Lipinski definition) is 1. The predicted octanol–water partition coefficient (Wildman–Crippen LogP) is 3.37. The van der Waals surface area contributed by atoms with Gasteiger partial charge in [-0.1, -0.05) is 0 Å². The topological polar surface area (TPSA) is 75.7 Å². The van der Waals surface area contributed by atoms with Crippen LogP contribution in [0.3, 0.4) is 0 Å². The summed E-state index contributed by atoms with van der Waals surface area (Å²) in [5.41, 5.74) is 2.46. The fourth-order valence-electron chi connectivity index (χ4n) is 3.22. The van der Waals surface area contributed by atoms with Gasteiger partial charge >= 0.3 is 5.97 Å². The highest BCUT2D eigenvalue weighted by molar-refractivity contribution is 6.10. The van der Waals surface area contributed by atoms with E-state index in [4.69, 9.17) is 4.74 Å². The van der Waals surface area contributed by atoms with Gasteiger partial charge in [-0.2, -0.15) is 0 Å². The number of anilines is 2. The number of rotatable bonds is 4. The van der Waals surface area contributed by atoms with E-state index < -0.39 is 11.4 Å². The van der Waals surface area contributed by atoms with Gasteiger partial charge in [-0.05, 0) is 68.8 Å². The molecule has 2 amide bonds. The number of amides is 2. The molecule has 1 N–H and O–H groups in total. The summed E-state index contributed by atoms with van der Waals surface area (Å²) in [6, 6.07) is 11.8. The van der Waals surface area contributed by atoms with Gasteiger partial charge in [0.1, 0.15) is 0 Å². The molecule has 1 aliphatic heterocycles. The Hall–Kier alpha value is -3.15. The normalized spacial score (nSPS) is 14.7. The molecule has 6 heteroatoms. The third-order valence-electron chi connectivity index (χ3n) is 4.79. The highest BCUT2D eigenvalue weighted by atomic mass is 16.5. The molecule has 0 radical (unpaired) electrons. The average molecular weight is 366 g/mol. The molecular weight excluding hydrogens is 344 g/mol. The Morgan fingerprint density at radius 1 is 1.07 bits per heavy atom. The molecule has 0 aromatic heterocycles. The third-order valence-corrected chi connectivity index (χ3v) is 4.79. The monoisotopic (exact) mass is 366 g/mol. The van der Waals surface area contributed by atoms with Crippen LogP contribution in [0, 0.1) is 0 Å². The Labute approximate surface area is 158 Å². The van der Waals surface area contributed by atoms with Crippen LogP contribution in [0.25, 0.3) is 0 Å². The Kier molecular flexibility index (Phi) is 4.74. The van der Waals surface area contributed by atoms with Crippen molar-refractivity contribution in [1.29, 1.82) is 0 Å². The zero-order valence-corrected chi connectivity index (χ0v) is 15.8. The van der Waals surface area contributed by atoms with Crippen molar-refractivity contribution in [3.63, 3.8) is 0 Å². The Balaban J connectivity index is 1.79. The molecule has 2 aromatic carbocycles. The molecular formula is C21H22N2O4. The van der Waals surface area contributed by atoms with E-state index in [1.165, 1.54) is 0 Å². The van der Waals surface area contributed by atoms with Gasteiger partial charge in [0.15, 0.2) is 0 Å². The molecule has 1 aliphatic rings. The molecule has 140 valence electrons. The van der Waals surface area contributed by atoms with Crippen molar-refractivity contribution in [2.45, 2.75) is 26.2 Å². The summed E-state index contributed by atoms with van der Waals surface area (Å²) >= 11 is 0. The van der Waals surface area contributed by atoms with Crippen molar-refractivity contribution >= 4 is 29.2 Å². The number of benzene rings is 2. The SMILES string of the molecule is CCOC(=O)c1ccc(NC(=O)c2ccc3c(c2)C(C)(C)C(=O)N3C)cc1. The van der Waals surface area contributed by atoms with Crippen LogP contribution in [0.4, 0.5) is 11.4 Å². The minimum absolute atomic E-state index is 0.00427. The highest BCUT2D eigenvalue weighted by Gasteiger charge is 2.42. The molecule has 0 aliphatic carbocycles. The van der Waals surface area contributed by atoms with Crippen molar-refractivity contribution in [3.8, 4) is 0 Å². The smallest absolute Gasteiger partial charge is 0.338 e. The summed E-state index contributed by atoms with van der Waals surface area (Å²) in [6.45, 7) is 5.76. The zero-order chi connectivity index (χ0) is 19.8. The van der Waals surface area contributed by atoms with E-state index >= 15 is 0 Å². The average Bonchev–Trinajstić information content (AvgIpc) is 2.83. The van der Waals surface area contributed by atoms with Crippen LogP contribution in [-0.4, -0.2) is 31.4 Å².